The van der Waals surface area contributed by atoms with E-state index in [-0.39, 0.29) is 0 Å². The summed E-state index contributed by atoms with van der Waals surface area (Å²) in [4.78, 5) is 16.7. The van der Waals surface area contributed by atoms with E-state index in [0.717, 1.165) is 0 Å². The number of carbonyl (C=O) groups excluding carboxylic acids is 1. The minimum absolute atomic E-state index is 0.316. The summed E-state index contributed by atoms with van der Waals surface area (Å²) in [6, 6.07) is 13.4. The van der Waals surface area contributed by atoms with Crippen molar-refractivity contribution in [2.75, 3.05) is 5.32 Å². The first-order valence-electron chi connectivity index (χ1n) is 7.88. The normalized spacial score (nSPS) is 11.4. The molecule has 1 heterocycles. The van der Waals surface area contributed by atoms with Crippen molar-refractivity contribution in [3.8, 4) is 6.07 Å². The van der Waals surface area contributed by atoms with Gasteiger partial charge in [0.2, 0.25) is 0 Å². The molecule has 6 nitrogen and oxygen atoms in total. The molecule has 0 aliphatic rings. The Morgan fingerprint density at radius 1 is 1.23 bits per heavy atom. The number of imidazole rings is 1. The molecular weight excluding hydrogens is 333 g/mol. The molecule has 0 radical (unpaired) electrons. The fourth-order valence-electron chi connectivity index (χ4n) is 2.57. The molecule has 26 heavy (non-hydrogen) atoms. The van der Waals surface area contributed by atoms with Gasteiger partial charge in [-0.1, -0.05) is 18.2 Å². The average molecular weight is 349 g/mol. The van der Waals surface area contributed by atoms with Crippen molar-refractivity contribution in [1.82, 2.24) is 14.9 Å². The van der Waals surface area contributed by atoms with Crippen molar-refractivity contribution < 1.29 is 9.18 Å². The van der Waals surface area contributed by atoms with E-state index in [4.69, 9.17) is 5.26 Å². The Morgan fingerprint density at radius 3 is 2.58 bits per heavy atom. The summed E-state index contributed by atoms with van der Waals surface area (Å²) >= 11 is 0. The predicted octanol–water partition coefficient (Wildman–Crippen LogP) is 3.34. The third kappa shape index (κ3) is 3.70. The van der Waals surface area contributed by atoms with Gasteiger partial charge in [0.15, 0.2) is 0 Å². The summed E-state index contributed by atoms with van der Waals surface area (Å²) in [6.07, 6.45) is 3.31. The van der Waals surface area contributed by atoms with Crippen LogP contribution in [0, 0.1) is 17.1 Å². The molecule has 0 spiro atoms. The number of halogens is 1. The highest BCUT2D eigenvalue weighted by molar-refractivity contribution is 5.89. The Bertz CT molecular complexity index is 959. The van der Waals surface area contributed by atoms with Gasteiger partial charge in [0.25, 0.3) is 0 Å². The Labute approximate surface area is 149 Å². The average Bonchev–Trinajstić information content (AvgIpc) is 3.07. The number of benzene rings is 2. The van der Waals surface area contributed by atoms with Crippen LogP contribution in [0.1, 0.15) is 23.0 Å². The predicted molar refractivity (Wildman–Crippen MR) is 94.8 cm³/mol. The highest BCUT2D eigenvalue weighted by Crippen LogP contribution is 2.23. The lowest BCUT2D eigenvalue weighted by molar-refractivity contribution is 0.249. The molecule has 0 saturated carbocycles. The van der Waals surface area contributed by atoms with Crippen LogP contribution in [0.4, 0.5) is 14.9 Å². The number of hydrogen-bond acceptors (Lipinski definition) is 3. The lowest BCUT2D eigenvalue weighted by atomic mass is 10.1. The van der Waals surface area contributed by atoms with Crippen molar-refractivity contribution in [3.63, 3.8) is 0 Å². The molecule has 7 heteroatoms. The monoisotopic (exact) mass is 349 g/mol. The smallest absolute Gasteiger partial charge is 0.320 e. The molecule has 3 aromatic rings. The molecule has 0 aliphatic heterocycles. The summed E-state index contributed by atoms with van der Waals surface area (Å²) in [6.45, 7) is 0. The summed E-state index contributed by atoms with van der Waals surface area (Å²) in [5.74, 6) is 0.0734. The van der Waals surface area contributed by atoms with E-state index < -0.39 is 17.9 Å². The molecule has 2 amide bonds. The third-order valence-corrected chi connectivity index (χ3v) is 3.88. The second-order valence-corrected chi connectivity index (χ2v) is 5.64. The van der Waals surface area contributed by atoms with Gasteiger partial charge in [-0.25, -0.2) is 14.2 Å². The van der Waals surface area contributed by atoms with Gasteiger partial charge in [0.05, 0.1) is 11.6 Å². The van der Waals surface area contributed by atoms with Gasteiger partial charge in [-0.15, -0.1) is 0 Å². The summed E-state index contributed by atoms with van der Waals surface area (Å²) in [7, 11) is 1.77. The van der Waals surface area contributed by atoms with Gasteiger partial charge in [-0.2, -0.15) is 5.26 Å². The minimum Gasteiger partial charge on any atom is -0.336 e. The molecule has 0 saturated heterocycles. The van der Waals surface area contributed by atoms with Gasteiger partial charge in [0, 0.05) is 30.7 Å². The number of rotatable bonds is 4. The zero-order valence-corrected chi connectivity index (χ0v) is 14.0. The van der Waals surface area contributed by atoms with Crippen LogP contribution in [0.25, 0.3) is 0 Å². The molecular formula is C19H16FN5O. The van der Waals surface area contributed by atoms with E-state index in [2.05, 4.69) is 15.6 Å². The highest BCUT2D eigenvalue weighted by atomic mass is 19.1. The largest absolute Gasteiger partial charge is 0.336 e. The van der Waals surface area contributed by atoms with Crippen LogP contribution in [0.2, 0.25) is 0 Å². The number of nitrogens with zero attached hydrogens (tertiary/aromatic N) is 3. The Hall–Kier alpha value is -3.66. The maximum absolute atomic E-state index is 14.3. The van der Waals surface area contributed by atoms with E-state index >= 15 is 0 Å². The van der Waals surface area contributed by atoms with Crippen LogP contribution in [-0.2, 0) is 7.05 Å². The summed E-state index contributed by atoms with van der Waals surface area (Å²) < 4.78 is 16.0. The number of hydrogen-bond donors (Lipinski definition) is 2. The zero-order valence-electron chi connectivity index (χ0n) is 14.0. The Morgan fingerprint density at radius 2 is 1.96 bits per heavy atom. The van der Waals surface area contributed by atoms with E-state index in [1.54, 1.807) is 66.5 Å². The van der Waals surface area contributed by atoms with Gasteiger partial charge < -0.3 is 15.2 Å². The zero-order chi connectivity index (χ0) is 18.5. The Kier molecular flexibility index (Phi) is 4.94. The number of urea groups is 1. The van der Waals surface area contributed by atoms with Crippen molar-refractivity contribution in [1.29, 1.82) is 5.26 Å². The van der Waals surface area contributed by atoms with Crippen molar-refractivity contribution >= 4 is 11.7 Å². The molecule has 2 N–H and O–H groups in total. The van der Waals surface area contributed by atoms with Gasteiger partial charge in [-0.3, -0.25) is 0 Å². The fourth-order valence-corrected chi connectivity index (χ4v) is 2.57. The number of carbonyl (C=O) groups is 1. The van der Waals surface area contributed by atoms with E-state index in [1.807, 2.05) is 6.07 Å². The first-order chi connectivity index (χ1) is 12.6. The topological polar surface area (TPSA) is 82.7 Å². The maximum atomic E-state index is 14.3. The standard InChI is InChI=1S/C19H16FN5O/c1-25-11-10-22-18(25)17(15-4-2-3-5-16(15)20)24-19(26)23-14-8-6-13(12-21)7-9-14/h2-11,17H,1H3,(H2,23,24,26). The van der Waals surface area contributed by atoms with Crippen LogP contribution < -0.4 is 10.6 Å². The number of aryl methyl sites for hydroxylation is 1. The van der Waals surface area contributed by atoms with Crippen LogP contribution in [0.3, 0.4) is 0 Å². The SMILES string of the molecule is Cn1ccnc1C(NC(=O)Nc1ccc(C#N)cc1)c1ccccc1F. The van der Waals surface area contributed by atoms with Gasteiger partial charge >= 0.3 is 6.03 Å². The molecule has 0 fully saturated rings. The molecule has 1 aromatic heterocycles. The van der Waals surface area contributed by atoms with Crippen LogP contribution >= 0.6 is 0 Å². The molecule has 1 unspecified atom stereocenters. The number of anilines is 1. The maximum Gasteiger partial charge on any atom is 0.320 e. The quantitative estimate of drug-likeness (QED) is 0.758. The molecule has 0 bridgehead atoms. The van der Waals surface area contributed by atoms with E-state index in [0.29, 0.717) is 22.6 Å². The molecule has 3 rings (SSSR count). The van der Waals surface area contributed by atoms with Crippen molar-refractivity contribution in [2.45, 2.75) is 6.04 Å². The van der Waals surface area contributed by atoms with Crippen LogP contribution in [0.15, 0.2) is 60.9 Å². The highest BCUT2D eigenvalue weighted by Gasteiger charge is 2.23. The van der Waals surface area contributed by atoms with E-state index in [1.165, 1.54) is 6.07 Å². The lowest BCUT2D eigenvalue weighted by Gasteiger charge is -2.20. The number of amides is 2. The number of aromatic nitrogens is 2. The first kappa shape index (κ1) is 17.2. The minimum atomic E-state index is -0.755. The fraction of sp³-hybridized carbons (Fsp3) is 0.105. The summed E-state index contributed by atoms with van der Waals surface area (Å²) in [5, 5.41) is 14.2. The van der Waals surface area contributed by atoms with Crippen LogP contribution in [-0.4, -0.2) is 15.6 Å². The Balaban J connectivity index is 1.84. The molecule has 130 valence electrons. The van der Waals surface area contributed by atoms with Gasteiger partial charge in [-0.05, 0) is 30.3 Å². The molecule has 0 aliphatic carbocycles. The van der Waals surface area contributed by atoms with Crippen molar-refractivity contribution in [2.24, 2.45) is 7.05 Å². The van der Waals surface area contributed by atoms with E-state index in [9.17, 15) is 9.18 Å². The van der Waals surface area contributed by atoms with Gasteiger partial charge in [0.1, 0.15) is 17.7 Å². The number of nitriles is 1. The van der Waals surface area contributed by atoms with Crippen LogP contribution in [0.5, 0.6) is 0 Å². The second kappa shape index (κ2) is 7.49. The summed E-state index contributed by atoms with van der Waals surface area (Å²) in [5.41, 5.74) is 1.33. The third-order valence-electron chi connectivity index (χ3n) is 3.88. The molecule has 2 aromatic carbocycles. The second-order valence-electron chi connectivity index (χ2n) is 5.64. The molecule has 1 atom stereocenters. The van der Waals surface area contributed by atoms with Crippen molar-refractivity contribution in [3.05, 3.63) is 83.7 Å². The number of nitrogens with one attached hydrogen (secondary N) is 2. The lowest BCUT2D eigenvalue weighted by Crippen LogP contribution is -2.35. The first-order valence-corrected chi connectivity index (χ1v) is 7.88.